The van der Waals surface area contributed by atoms with Gasteiger partial charge in [-0.2, -0.15) is 0 Å². The SMILES string of the molecule is CN=C(NCc1ccc(S(=O)(=O)N(C)C)s1)N(C)CCC1CCOCC1.I. The molecule has 0 saturated carbocycles. The monoisotopic (exact) mass is 530 g/mol. The van der Waals surface area contributed by atoms with Gasteiger partial charge in [0, 0.05) is 52.8 Å². The van der Waals surface area contributed by atoms with E-state index in [1.807, 2.05) is 13.1 Å². The third-order valence-corrected chi connectivity index (χ3v) is 7.95. The molecule has 1 aromatic rings. The van der Waals surface area contributed by atoms with Gasteiger partial charge in [0.1, 0.15) is 4.21 Å². The molecular formula is C17H31IN4O3S2. The number of hydrogen-bond acceptors (Lipinski definition) is 5. The molecule has 0 atom stereocenters. The van der Waals surface area contributed by atoms with Gasteiger partial charge in [-0.05, 0) is 37.3 Å². The minimum atomic E-state index is -3.36. The Morgan fingerprint density at radius 3 is 2.56 bits per heavy atom. The van der Waals surface area contributed by atoms with Crippen LogP contribution in [-0.2, 0) is 21.3 Å². The Labute approximate surface area is 184 Å². The van der Waals surface area contributed by atoms with Gasteiger partial charge in [-0.3, -0.25) is 4.99 Å². The van der Waals surface area contributed by atoms with Crippen molar-refractivity contribution < 1.29 is 13.2 Å². The fourth-order valence-corrected chi connectivity index (χ4v) is 5.30. The number of rotatable bonds is 7. The Bertz CT molecular complexity index is 701. The molecule has 2 heterocycles. The second-order valence-electron chi connectivity index (χ2n) is 6.67. The molecule has 0 aromatic carbocycles. The molecule has 156 valence electrons. The molecule has 0 aliphatic carbocycles. The molecule has 0 amide bonds. The van der Waals surface area contributed by atoms with Crippen LogP contribution in [0.25, 0.3) is 0 Å². The highest BCUT2D eigenvalue weighted by atomic mass is 127. The molecule has 1 saturated heterocycles. The summed E-state index contributed by atoms with van der Waals surface area (Å²) >= 11 is 1.29. The van der Waals surface area contributed by atoms with Crippen molar-refractivity contribution in [3.63, 3.8) is 0 Å². The predicted octanol–water partition coefficient (Wildman–Crippen LogP) is 2.44. The molecule has 0 radical (unpaired) electrons. The number of nitrogens with one attached hydrogen (secondary N) is 1. The summed E-state index contributed by atoms with van der Waals surface area (Å²) in [6.07, 6.45) is 3.40. The van der Waals surface area contributed by atoms with Crippen molar-refractivity contribution >= 4 is 51.3 Å². The summed E-state index contributed by atoms with van der Waals surface area (Å²) in [7, 11) is 3.52. The van der Waals surface area contributed by atoms with Gasteiger partial charge < -0.3 is 15.0 Å². The van der Waals surface area contributed by atoms with E-state index in [9.17, 15) is 8.42 Å². The lowest BCUT2D eigenvalue weighted by atomic mass is 9.96. The number of halogens is 1. The molecule has 1 aliphatic rings. The zero-order valence-electron chi connectivity index (χ0n) is 16.5. The van der Waals surface area contributed by atoms with Gasteiger partial charge in [-0.25, -0.2) is 12.7 Å². The topological polar surface area (TPSA) is 74.2 Å². The molecule has 10 heteroatoms. The van der Waals surface area contributed by atoms with Crippen LogP contribution in [-0.4, -0.2) is 71.5 Å². The van der Waals surface area contributed by atoms with Gasteiger partial charge in [0.05, 0.1) is 6.54 Å². The van der Waals surface area contributed by atoms with Gasteiger partial charge in [-0.1, -0.05) is 0 Å². The van der Waals surface area contributed by atoms with E-state index in [1.165, 1.54) is 15.6 Å². The second kappa shape index (κ2) is 11.5. The summed E-state index contributed by atoms with van der Waals surface area (Å²) < 4.78 is 31.3. The van der Waals surface area contributed by atoms with Crippen LogP contribution in [0.5, 0.6) is 0 Å². The summed E-state index contributed by atoms with van der Waals surface area (Å²) in [5.41, 5.74) is 0. The van der Waals surface area contributed by atoms with Crippen LogP contribution in [0.4, 0.5) is 0 Å². The van der Waals surface area contributed by atoms with Crippen LogP contribution in [0.3, 0.4) is 0 Å². The fraction of sp³-hybridized carbons (Fsp3) is 0.706. The Hall–Kier alpha value is -0.430. The quantitative estimate of drug-likeness (QED) is 0.333. The van der Waals surface area contributed by atoms with E-state index in [0.29, 0.717) is 10.8 Å². The van der Waals surface area contributed by atoms with Gasteiger partial charge >= 0.3 is 0 Å². The van der Waals surface area contributed by atoms with Crippen molar-refractivity contribution in [1.29, 1.82) is 0 Å². The molecule has 0 bridgehead atoms. The van der Waals surface area contributed by atoms with Gasteiger partial charge in [0.2, 0.25) is 0 Å². The summed E-state index contributed by atoms with van der Waals surface area (Å²) in [5.74, 6) is 1.54. The summed E-state index contributed by atoms with van der Waals surface area (Å²) in [5, 5.41) is 3.32. The van der Waals surface area contributed by atoms with Crippen molar-refractivity contribution in [1.82, 2.24) is 14.5 Å². The van der Waals surface area contributed by atoms with Crippen LogP contribution in [0.15, 0.2) is 21.3 Å². The van der Waals surface area contributed by atoms with Crippen LogP contribution in [0, 0.1) is 5.92 Å². The molecule has 1 aliphatic heterocycles. The van der Waals surface area contributed by atoms with E-state index < -0.39 is 10.0 Å². The Morgan fingerprint density at radius 2 is 1.96 bits per heavy atom. The predicted molar refractivity (Wildman–Crippen MR) is 122 cm³/mol. The number of hydrogen-bond donors (Lipinski definition) is 1. The van der Waals surface area contributed by atoms with Crippen molar-refractivity contribution in [2.45, 2.75) is 30.0 Å². The first-order valence-corrected chi connectivity index (χ1v) is 11.1. The normalized spacial score (nSPS) is 16.3. The van der Waals surface area contributed by atoms with Gasteiger partial charge in [0.25, 0.3) is 10.0 Å². The Morgan fingerprint density at radius 1 is 1.30 bits per heavy atom. The lowest BCUT2D eigenvalue weighted by molar-refractivity contribution is 0.0625. The van der Waals surface area contributed by atoms with Crippen LogP contribution < -0.4 is 5.32 Å². The number of nitrogens with zero attached hydrogens (tertiary/aromatic N) is 3. The lowest BCUT2D eigenvalue weighted by Crippen LogP contribution is -2.39. The fourth-order valence-electron chi connectivity index (χ4n) is 2.84. The number of thiophene rings is 1. The Balaban J connectivity index is 0.00000364. The molecule has 1 N–H and O–H groups in total. The van der Waals surface area contributed by atoms with Crippen molar-refractivity contribution in [2.75, 3.05) is 47.9 Å². The molecule has 0 unspecified atom stereocenters. The third-order valence-electron chi connectivity index (χ3n) is 4.58. The van der Waals surface area contributed by atoms with Crippen LogP contribution in [0.1, 0.15) is 24.1 Å². The average Bonchev–Trinajstić information content (AvgIpc) is 3.11. The molecule has 7 nitrogen and oxygen atoms in total. The smallest absolute Gasteiger partial charge is 0.252 e. The van der Waals surface area contributed by atoms with E-state index in [-0.39, 0.29) is 24.0 Å². The van der Waals surface area contributed by atoms with E-state index in [4.69, 9.17) is 4.74 Å². The number of sulfonamides is 1. The van der Waals surface area contributed by atoms with Crippen molar-refractivity contribution in [3.8, 4) is 0 Å². The highest BCUT2D eigenvalue weighted by molar-refractivity contribution is 14.0. The highest BCUT2D eigenvalue weighted by Gasteiger charge is 2.20. The molecule has 1 aromatic heterocycles. The first kappa shape index (κ1) is 24.6. The maximum absolute atomic E-state index is 12.2. The average molecular weight is 530 g/mol. The van der Waals surface area contributed by atoms with Gasteiger partial charge in [0.15, 0.2) is 5.96 Å². The van der Waals surface area contributed by atoms with E-state index in [1.54, 1.807) is 27.2 Å². The number of guanidine groups is 1. The maximum atomic E-state index is 12.2. The Kier molecular flexibility index (Phi) is 10.5. The van der Waals surface area contributed by atoms with Crippen LogP contribution in [0.2, 0.25) is 0 Å². The maximum Gasteiger partial charge on any atom is 0.252 e. The first-order chi connectivity index (χ1) is 12.3. The van der Waals surface area contributed by atoms with Crippen molar-refractivity contribution in [3.05, 3.63) is 17.0 Å². The number of aliphatic imine (C=N–C) groups is 1. The standard InChI is InChI=1S/C17H30N4O3S2.HI/c1-18-17(21(4)10-7-14-8-11-24-12-9-14)19-13-15-5-6-16(25-15)26(22,23)20(2)3;/h5-6,14H,7-13H2,1-4H3,(H,18,19);1H. The molecule has 1 fully saturated rings. The number of ether oxygens (including phenoxy) is 1. The molecule has 2 rings (SSSR count). The molecule has 0 spiro atoms. The first-order valence-electron chi connectivity index (χ1n) is 8.85. The second-order valence-corrected chi connectivity index (χ2v) is 10.2. The summed E-state index contributed by atoms with van der Waals surface area (Å²) in [6.45, 7) is 3.24. The van der Waals surface area contributed by atoms with E-state index >= 15 is 0 Å². The molecule has 27 heavy (non-hydrogen) atoms. The third kappa shape index (κ3) is 7.15. The molecular weight excluding hydrogens is 499 g/mol. The van der Waals surface area contributed by atoms with Gasteiger partial charge in [-0.15, -0.1) is 35.3 Å². The summed E-state index contributed by atoms with van der Waals surface area (Å²) in [6, 6.07) is 3.51. The van der Waals surface area contributed by atoms with Crippen LogP contribution >= 0.6 is 35.3 Å². The largest absolute Gasteiger partial charge is 0.381 e. The summed E-state index contributed by atoms with van der Waals surface area (Å²) in [4.78, 5) is 7.42. The highest BCUT2D eigenvalue weighted by Crippen LogP contribution is 2.23. The minimum Gasteiger partial charge on any atom is -0.381 e. The zero-order chi connectivity index (χ0) is 19.2. The zero-order valence-corrected chi connectivity index (χ0v) is 20.4. The van der Waals surface area contributed by atoms with E-state index in [2.05, 4.69) is 15.2 Å². The lowest BCUT2D eigenvalue weighted by Gasteiger charge is -2.26. The van der Waals surface area contributed by atoms with E-state index in [0.717, 1.165) is 55.8 Å². The minimum absolute atomic E-state index is 0. The van der Waals surface area contributed by atoms with Crippen molar-refractivity contribution in [2.24, 2.45) is 10.9 Å².